The number of fused-ring (bicyclic) bond motifs is 3. The van der Waals surface area contributed by atoms with Crippen LogP contribution in [-0.4, -0.2) is 49.8 Å². The number of imidazole rings is 1. The van der Waals surface area contributed by atoms with Crippen molar-refractivity contribution < 1.29 is 4.79 Å². The van der Waals surface area contributed by atoms with Gasteiger partial charge in [-0.1, -0.05) is 6.92 Å². The number of piperidine rings is 1. The number of H-pyrrole nitrogens is 2. The molecule has 0 radical (unpaired) electrons. The zero-order valence-corrected chi connectivity index (χ0v) is 13.8. The minimum atomic E-state index is -0.773. The molecule has 0 aromatic carbocycles. The minimum absolute atomic E-state index is 0.119. The van der Waals surface area contributed by atoms with Crippen molar-refractivity contribution in [1.82, 2.24) is 24.4 Å². The number of rotatable bonds is 3. The fourth-order valence-electron chi connectivity index (χ4n) is 3.80. The first kappa shape index (κ1) is 15.6. The van der Waals surface area contributed by atoms with Crippen LogP contribution < -0.4 is 5.69 Å². The highest BCUT2D eigenvalue weighted by Crippen LogP contribution is 2.31. The van der Waals surface area contributed by atoms with E-state index in [-0.39, 0.29) is 17.6 Å². The molecule has 0 saturated carbocycles. The Labute approximate surface area is 143 Å². The molecule has 25 heavy (non-hydrogen) atoms. The van der Waals surface area contributed by atoms with Gasteiger partial charge in [0.05, 0.1) is 29.3 Å². The molecular weight excluding hydrogens is 320 g/mol. The molecule has 3 atom stereocenters. The van der Waals surface area contributed by atoms with Gasteiger partial charge in [0, 0.05) is 24.7 Å². The summed E-state index contributed by atoms with van der Waals surface area (Å²) in [4.78, 5) is 36.0. The molecule has 1 unspecified atom stereocenters. The predicted molar refractivity (Wildman–Crippen MR) is 92.1 cm³/mol. The Morgan fingerprint density at radius 2 is 2.36 bits per heavy atom. The Morgan fingerprint density at radius 1 is 1.52 bits per heavy atom. The van der Waals surface area contributed by atoms with Gasteiger partial charge in [-0.2, -0.15) is 5.26 Å². The van der Waals surface area contributed by atoms with Crippen LogP contribution in [0, 0.1) is 17.2 Å². The van der Waals surface area contributed by atoms with E-state index in [2.05, 4.69) is 21.9 Å². The SMILES string of the molecule is C[C@@H]1CCN(C(C#N)C=O)C[C@@H]1n1c(=O)[nH]c2cnc3[nH]ccc3c21. The van der Waals surface area contributed by atoms with E-state index in [9.17, 15) is 14.9 Å². The zero-order valence-electron chi connectivity index (χ0n) is 13.8. The second-order valence-electron chi connectivity index (χ2n) is 6.60. The molecule has 4 rings (SSSR count). The lowest BCUT2D eigenvalue weighted by Crippen LogP contribution is -2.47. The number of likely N-dealkylation sites (tertiary alicyclic amines) is 1. The Morgan fingerprint density at radius 3 is 3.12 bits per heavy atom. The average Bonchev–Trinajstić information content (AvgIpc) is 3.20. The largest absolute Gasteiger partial charge is 0.346 e. The molecule has 1 fully saturated rings. The second-order valence-corrected chi connectivity index (χ2v) is 6.60. The van der Waals surface area contributed by atoms with Crippen molar-refractivity contribution in [2.45, 2.75) is 25.4 Å². The van der Waals surface area contributed by atoms with Crippen LogP contribution >= 0.6 is 0 Å². The summed E-state index contributed by atoms with van der Waals surface area (Å²) < 4.78 is 1.77. The summed E-state index contributed by atoms with van der Waals surface area (Å²) in [5.41, 5.74) is 2.04. The van der Waals surface area contributed by atoms with Crippen LogP contribution in [0.25, 0.3) is 22.1 Å². The molecule has 0 spiro atoms. The molecule has 1 aliphatic rings. The van der Waals surface area contributed by atoms with Crippen molar-refractivity contribution >= 4 is 28.4 Å². The van der Waals surface area contributed by atoms with Crippen LogP contribution in [0.5, 0.6) is 0 Å². The number of aromatic amines is 2. The first-order valence-electron chi connectivity index (χ1n) is 8.29. The van der Waals surface area contributed by atoms with E-state index in [1.807, 2.05) is 17.0 Å². The van der Waals surface area contributed by atoms with Gasteiger partial charge in [-0.15, -0.1) is 0 Å². The molecule has 1 saturated heterocycles. The number of carbonyl (C=O) groups excluding carboxylic acids is 1. The third-order valence-corrected chi connectivity index (χ3v) is 5.20. The lowest BCUT2D eigenvalue weighted by molar-refractivity contribution is -0.111. The molecule has 2 N–H and O–H groups in total. The molecule has 0 aliphatic carbocycles. The maximum Gasteiger partial charge on any atom is 0.326 e. The first-order chi connectivity index (χ1) is 12.1. The molecule has 0 amide bonds. The van der Waals surface area contributed by atoms with Crippen molar-refractivity contribution in [2.24, 2.45) is 5.92 Å². The fraction of sp³-hybridized carbons (Fsp3) is 0.412. The maximum absolute atomic E-state index is 12.7. The summed E-state index contributed by atoms with van der Waals surface area (Å²) in [6, 6.07) is 3.04. The number of hydrogen-bond donors (Lipinski definition) is 2. The molecule has 128 valence electrons. The number of nitriles is 1. The zero-order chi connectivity index (χ0) is 17.6. The van der Waals surface area contributed by atoms with Gasteiger partial charge >= 0.3 is 5.69 Å². The van der Waals surface area contributed by atoms with Crippen LogP contribution in [-0.2, 0) is 4.79 Å². The predicted octanol–water partition coefficient (Wildman–Crippen LogP) is 1.18. The van der Waals surface area contributed by atoms with Crippen LogP contribution in [0.3, 0.4) is 0 Å². The van der Waals surface area contributed by atoms with Crippen molar-refractivity contribution in [3.8, 4) is 6.07 Å². The van der Waals surface area contributed by atoms with E-state index in [0.29, 0.717) is 24.9 Å². The summed E-state index contributed by atoms with van der Waals surface area (Å²) in [6.45, 7) is 3.26. The topological polar surface area (TPSA) is 111 Å². The van der Waals surface area contributed by atoms with Crippen LogP contribution in [0.4, 0.5) is 0 Å². The highest BCUT2D eigenvalue weighted by atomic mass is 16.1. The third kappa shape index (κ3) is 2.36. The molecule has 4 heterocycles. The van der Waals surface area contributed by atoms with Gasteiger partial charge in [0.2, 0.25) is 0 Å². The molecular formula is C17H18N6O2. The van der Waals surface area contributed by atoms with Crippen molar-refractivity contribution in [3.05, 3.63) is 28.9 Å². The Bertz CT molecular complexity index is 1040. The number of hydrogen-bond acceptors (Lipinski definition) is 5. The van der Waals surface area contributed by atoms with Gasteiger partial charge in [-0.25, -0.2) is 9.78 Å². The average molecular weight is 338 g/mol. The summed E-state index contributed by atoms with van der Waals surface area (Å²) in [7, 11) is 0. The number of aldehydes is 1. The highest BCUT2D eigenvalue weighted by Gasteiger charge is 2.33. The summed E-state index contributed by atoms with van der Waals surface area (Å²) in [6.07, 6.45) is 4.94. The van der Waals surface area contributed by atoms with Crippen LogP contribution in [0.1, 0.15) is 19.4 Å². The van der Waals surface area contributed by atoms with E-state index in [1.54, 1.807) is 17.0 Å². The van der Waals surface area contributed by atoms with E-state index >= 15 is 0 Å². The Kier molecular flexibility index (Phi) is 3.66. The molecule has 3 aromatic heterocycles. The fourth-order valence-corrected chi connectivity index (χ4v) is 3.80. The van der Waals surface area contributed by atoms with Gasteiger partial charge in [-0.05, 0) is 18.4 Å². The van der Waals surface area contributed by atoms with Crippen LogP contribution in [0.2, 0.25) is 0 Å². The molecule has 8 heteroatoms. The van der Waals surface area contributed by atoms with Crippen molar-refractivity contribution in [1.29, 1.82) is 5.26 Å². The van der Waals surface area contributed by atoms with E-state index in [4.69, 9.17) is 0 Å². The Balaban J connectivity index is 1.86. The minimum Gasteiger partial charge on any atom is -0.346 e. The first-order valence-corrected chi connectivity index (χ1v) is 8.29. The number of nitrogens with one attached hydrogen (secondary N) is 2. The lowest BCUT2D eigenvalue weighted by Gasteiger charge is -2.38. The maximum atomic E-state index is 12.7. The second kappa shape index (κ2) is 5.86. The molecule has 1 aliphatic heterocycles. The third-order valence-electron chi connectivity index (χ3n) is 5.20. The van der Waals surface area contributed by atoms with Crippen molar-refractivity contribution in [3.63, 3.8) is 0 Å². The quantitative estimate of drug-likeness (QED) is 0.697. The van der Waals surface area contributed by atoms with E-state index in [1.165, 1.54) is 0 Å². The smallest absolute Gasteiger partial charge is 0.326 e. The number of nitrogens with zero attached hydrogens (tertiary/aromatic N) is 4. The van der Waals surface area contributed by atoms with Gasteiger partial charge < -0.3 is 14.8 Å². The van der Waals surface area contributed by atoms with Gasteiger partial charge in [0.1, 0.15) is 5.65 Å². The van der Waals surface area contributed by atoms with E-state index in [0.717, 1.165) is 23.0 Å². The molecule has 8 nitrogen and oxygen atoms in total. The number of aromatic nitrogens is 4. The van der Waals surface area contributed by atoms with E-state index < -0.39 is 6.04 Å². The summed E-state index contributed by atoms with van der Waals surface area (Å²) in [5.74, 6) is 0.251. The normalized spacial score (nSPS) is 22.9. The number of pyridine rings is 1. The Hall–Kier alpha value is -2.92. The molecule has 3 aromatic rings. The standard InChI is InChI=1S/C17H18N6O2/c1-10-3-5-22(11(6-18)9-24)8-14(10)23-15-12-2-4-19-16(12)20-7-13(15)21-17(23)25/h2,4,7,9-11,14H,3,5,8H2,1H3,(H,19,20)(H,21,25)/t10-,11?,14+/m1/s1. The van der Waals surface area contributed by atoms with Gasteiger partial charge in [0.25, 0.3) is 0 Å². The summed E-state index contributed by atoms with van der Waals surface area (Å²) >= 11 is 0. The van der Waals surface area contributed by atoms with Crippen LogP contribution in [0.15, 0.2) is 23.3 Å². The van der Waals surface area contributed by atoms with Crippen molar-refractivity contribution in [2.75, 3.05) is 13.1 Å². The van der Waals surface area contributed by atoms with Gasteiger partial charge in [0.15, 0.2) is 12.3 Å². The molecule has 0 bridgehead atoms. The lowest BCUT2D eigenvalue weighted by atomic mass is 9.92. The summed E-state index contributed by atoms with van der Waals surface area (Å²) in [5, 5.41) is 10.1. The number of carbonyl (C=O) groups is 1. The highest BCUT2D eigenvalue weighted by molar-refractivity contribution is 6.00. The monoisotopic (exact) mass is 338 g/mol. The van der Waals surface area contributed by atoms with Gasteiger partial charge in [-0.3, -0.25) is 9.47 Å².